The normalized spacial score (nSPS) is 11.0. The van der Waals surface area contributed by atoms with E-state index in [1.54, 1.807) is 18.2 Å². The van der Waals surface area contributed by atoms with Gasteiger partial charge in [0.1, 0.15) is 23.7 Å². The topological polar surface area (TPSA) is 64.2 Å². The van der Waals surface area contributed by atoms with E-state index in [1.165, 1.54) is 14.0 Å². The number of H-pyrrole nitrogens is 1. The largest absolute Gasteiger partial charge is 0.496 e. The molecule has 0 atom stereocenters. The van der Waals surface area contributed by atoms with E-state index in [2.05, 4.69) is 4.98 Å². The summed E-state index contributed by atoms with van der Waals surface area (Å²) >= 11 is 1.04. The number of methoxy groups -OCH3 is 1. The van der Waals surface area contributed by atoms with Crippen LogP contribution < -0.4 is 9.72 Å². The highest BCUT2D eigenvalue weighted by Gasteiger charge is 2.39. The fraction of sp³-hybridized carbons (Fsp3) is 0.235. The smallest absolute Gasteiger partial charge is 0.477 e. The predicted molar refractivity (Wildman–Crippen MR) is 85.4 cm³/mol. The van der Waals surface area contributed by atoms with Crippen molar-refractivity contribution >= 4 is 18.0 Å². The van der Waals surface area contributed by atoms with Crippen LogP contribution in [-0.2, 0) is 11.9 Å². The Balaban J connectivity index is 2.39. The number of aromatic nitrogens is 1. The van der Waals surface area contributed by atoms with Crippen molar-refractivity contribution in [3.05, 3.63) is 52.2 Å². The predicted octanol–water partition coefficient (Wildman–Crippen LogP) is 3.81. The molecule has 0 aliphatic heterocycles. The number of aryl methyl sites for hydroxylation is 1. The third kappa shape index (κ3) is 4.31. The Morgan fingerprint density at radius 2 is 2.08 bits per heavy atom. The lowest BCUT2D eigenvalue weighted by molar-refractivity contribution is -0.466. The molecule has 130 valence electrons. The van der Waals surface area contributed by atoms with E-state index in [1.807, 2.05) is 6.07 Å². The molecule has 0 radical (unpaired) electrons. The first-order valence-electron chi connectivity index (χ1n) is 7.09. The van der Waals surface area contributed by atoms with Gasteiger partial charge in [-0.2, -0.15) is 23.4 Å². The lowest BCUT2D eigenvalue weighted by atomic mass is 10.1. The van der Waals surface area contributed by atoms with Crippen molar-refractivity contribution in [2.45, 2.75) is 23.9 Å². The number of carbonyl (C=O) groups is 1. The molecule has 0 amide bonds. The number of alkyl halides is 3. The average molecular weight is 367 g/mol. The highest BCUT2D eigenvalue weighted by Crippen LogP contribution is 2.32. The first kappa shape index (κ1) is 18.8. The molecule has 2 rings (SSSR count). The van der Waals surface area contributed by atoms with Crippen LogP contribution in [0.25, 0.3) is 0 Å². The number of halogens is 3. The summed E-state index contributed by atoms with van der Waals surface area (Å²) in [6.07, 6.45) is -3.86. The van der Waals surface area contributed by atoms with Gasteiger partial charge in [-0.25, -0.2) is 0 Å². The zero-order valence-electron chi connectivity index (χ0n) is 13.4. The fourth-order valence-corrected chi connectivity index (χ4v) is 3.28. The summed E-state index contributed by atoms with van der Waals surface area (Å²) < 4.78 is 44.2. The molecule has 4 nitrogen and oxygen atoms in total. The van der Waals surface area contributed by atoms with Gasteiger partial charge < -0.3 is 4.74 Å². The molecule has 1 heterocycles. The number of thioether (sulfide) groups is 1. The van der Waals surface area contributed by atoms with Gasteiger partial charge in [-0.1, -0.05) is 11.8 Å². The van der Waals surface area contributed by atoms with E-state index < -0.39 is 11.9 Å². The molecule has 0 fully saturated rings. The Hall–Kier alpha value is -2.53. The molecule has 0 bridgehead atoms. The molecule has 0 aliphatic carbocycles. The number of nitrogens with one attached hydrogen (secondary N) is 1. The maximum absolute atomic E-state index is 13.0. The Morgan fingerprint density at radius 1 is 1.36 bits per heavy atom. The second-order valence-corrected chi connectivity index (χ2v) is 6.14. The first-order valence-corrected chi connectivity index (χ1v) is 8.07. The van der Waals surface area contributed by atoms with E-state index >= 15 is 0 Å². The number of aromatic amines is 1. The molecule has 1 aromatic carbocycles. The molecule has 0 spiro atoms. The van der Waals surface area contributed by atoms with Crippen molar-refractivity contribution < 1.29 is 27.7 Å². The molecule has 0 unspecified atom stereocenters. The van der Waals surface area contributed by atoms with Gasteiger partial charge >= 0.3 is 6.18 Å². The third-order valence-electron chi connectivity index (χ3n) is 3.46. The van der Waals surface area contributed by atoms with Gasteiger partial charge in [-0.3, -0.25) is 4.79 Å². The van der Waals surface area contributed by atoms with Gasteiger partial charge in [0.05, 0.1) is 7.11 Å². The number of nitrogens with zero attached hydrogens (tertiary/aromatic N) is 1. The second-order valence-electron chi connectivity index (χ2n) is 5.16. The van der Waals surface area contributed by atoms with Crippen LogP contribution in [0.1, 0.15) is 32.7 Å². The van der Waals surface area contributed by atoms with Crippen molar-refractivity contribution in [1.82, 2.24) is 0 Å². The van der Waals surface area contributed by atoms with E-state index in [9.17, 15) is 23.2 Å². The van der Waals surface area contributed by atoms with Crippen molar-refractivity contribution in [1.29, 1.82) is 5.26 Å². The monoisotopic (exact) mass is 367 g/mol. The summed E-state index contributed by atoms with van der Waals surface area (Å²) in [6, 6.07) is 7.64. The third-order valence-corrected chi connectivity index (χ3v) is 4.51. The SMILES string of the molecule is COc1ccc(C=O)cc1CSc1[nH+]c(C(F)(F)F)cc(C)c1C#N. The summed E-state index contributed by atoms with van der Waals surface area (Å²) in [5.74, 6) is 0.747. The number of aldehydes is 1. The molecular weight excluding hydrogens is 353 g/mol. The van der Waals surface area contributed by atoms with Crippen molar-refractivity contribution in [3.8, 4) is 11.8 Å². The first-order chi connectivity index (χ1) is 11.8. The molecule has 0 saturated heterocycles. The van der Waals surface area contributed by atoms with E-state index in [0.717, 1.165) is 17.8 Å². The summed E-state index contributed by atoms with van der Waals surface area (Å²) in [5, 5.41) is 9.36. The highest BCUT2D eigenvalue weighted by molar-refractivity contribution is 7.98. The van der Waals surface area contributed by atoms with Gasteiger partial charge in [-0.15, -0.1) is 0 Å². The molecule has 8 heteroatoms. The quantitative estimate of drug-likeness (QED) is 0.595. The molecule has 2 aromatic rings. The van der Waals surface area contributed by atoms with E-state index in [-0.39, 0.29) is 21.9 Å². The van der Waals surface area contributed by atoms with Crippen LogP contribution in [0, 0.1) is 18.3 Å². The minimum Gasteiger partial charge on any atom is -0.496 e. The Kier molecular flexibility index (Phi) is 5.69. The lowest BCUT2D eigenvalue weighted by Crippen LogP contribution is -2.24. The van der Waals surface area contributed by atoms with Gasteiger partial charge in [-0.05, 0) is 30.7 Å². The molecule has 25 heavy (non-hydrogen) atoms. The van der Waals surface area contributed by atoms with Crippen molar-refractivity contribution in [3.63, 3.8) is 0 Å². The highest BCUT2D eigenvalue weighted by atomic mass is 32.2. The second kappa shape index (κ2) is 7.57. The Bertz CT molecular complexity index is 845. The number of hydrogen-bond acceptors (Lipinski definition) is 4. The summed E-state index contributed by atoms with van der Waals surface area (Å²) in [7, 11) is 1.46. The van der Waals surface area contributed by atoms with Crippen LogP contribution in [0.3, 0.4) is 0 Å². The van der Waals surface area contributed by atoms with Crippen LogP contribution in [-0.4, -0.2) is 13.4 Å². The van der Waals surface area contributed by atoms with Crippen molar-refractivity contribution in [2.75, 3.05) is 7.11 Å². The fourth-order valence-electron chi connectivity index (χ4n) is 2.22. The zero-order valence-corrected chi connectivity index (χ0v) is 14.2. The number of rotatable bonds is 5. The summed E-state index contributed by atoms with van der Waals surface area (Å²) in [4.78, 5) is 13.2. The average Bonchev–Trinajstić information content (AvgIpc) is 2.58. The zero-order chi connectivity index (χ0) is 18.6. The van der Waals surface area contributed by atoms with Gasteiger partial charge in [0, 0.05) is 22.9 Å². The molecule has 1 N–H and O–H groups in total. The van der Waals surface area contributed by atoms with Gasteiger partial charge in [0.25, 0.3) is 10.7 Å². The van der Waals surface area contributed by atoms with Crippen LogP contribution in [0.15, 0.2) is 29.3 Å². The number of nitriles is 1. The number of ether oxygens (including phenoxy) is 1. The standard InChI is InChI=1S/C17H13F3N2O2S/c1-10-5-15(17(18,19)20)22-16(13(10)7-21)25-9-12-6-11(8-23)3-4-14(12)24-2/h3-6,8H,9H2,1-2H3/p+1. The minimum atomic E-state index is -4.54. The van der Waals surface area contributed by atoms with E-state index in [4.69, 9.17) is 4.74 Å². The Morgan fingerprint density at radius 3 is 2.64 bits per heavy atom. The van der Waals surface area contributed by atoms with Crippen LogP contribution in [0.5, 0.6) is 5.75 Å². The minimum absolute atomic E-state index is 0.119. The van der Waals surface area contributed by atoms with E-state index in [0.29, 0.717) is 23.2 Å². The summed E-state index contributed by atoms with van der Waals surface area (Å²) in [5.41, 5.74) is 0.555. The number of pyridine rings is 1. The Labute approximate surface area is 146 Å². The lowest BCUT2D eigenvalue weighted by Gasteiger charge is -2.09. The number of hydrogen-bond donors (Lipinski definition) is 0. The summed E-state index contributed by atoms with van der Waals surface area (Å²) in [6.45, 7) is 1.46. The molecule has 0 aliphatic rings. The van der Waals surface area contributed by atoms with Crippen molar-refractivity contribution in [2.24, 2.45) is 0 Å². The van der Waals surface area contributed by atoms with Crippen LogP contribution >= 0.6 is 11.8 Å². The number of benzene rings is 1. The van der Waals surface area contributed by atoms with Crippen LogP contribution in [0.2, 0.25) is 0 Å². The maximum atomic E-state index is 13.0. The molecular formula is C17H14F3N2O2S+. The van der Waals surface area contributed by atoms with Crippen LogP contribution in [0.4, 0.5) is 13.2 Å². The van der Waals surface area contributed by atoms with Gasteiger partial charge in [0.2, 0.25) is 0 Å². The molecule has 1 aromatic heterocycles. The number of carbonyl (C=O) groups excluding carboxylic acids is 1. The maximum Gasteiger partial charge on any atom is 0.477 e. The van der Waals surface area contributed by atoms with Gasteiger partial charge in [0.15, 0.2) is 0 Å². The molecule has 0 saturated carbocycles.